The number of benzene rings is 1. The number of aryl methyl sites for hydroxylation is 2. The molecule has 1 aliphatic rings. The van der Waals surface area contributed by atoms with Crippen LogP contribution in [0.2, 0.25) is 0 Å². The third kappa shape index (κ3) is 3.25. The van der Waals surface area contributed by atoms with Crippen molar-refractivity contribution in [3.05, 3.63) is 47.7 Å². The van der Waals surface area contributed by atoms with E-state index in [1.165, 1.54) is 0 Å². The number of carbonyl (C=O) groups is 1. The van der Waals surface area contributed by atoms with E-state index >= 15 is 0 Å². The molecule has 4 rings (SSSR count). The predicted molar refractivity (Wildman–Crippen MR) is 97.4 cm³/mol. The van der Waals surface area contributed by atoms with Crippen LogP contribution >= 0.6 is 0 Å². The fourth-order valence-electron chi connectivity index (χ4n) is 3.19. The van der Waals surface area contributed by atoms with Gasteiger partial charge in [-0.25, -0.2) is 0 Å². The number of amides is 1. The highest BCUT2D eigenvalue weighted by Crippen LogP contribution is 2.34. The molecule has 0 spiro atoms. The molecule has 3 aromatic rings. The normalized spacial score (nSPS) is 16.0. The van der Waals surface area contributed by atoms with Crippen LogP contribution in [0.25, 0.3) is 11.5 Å². The Labute approximate surface area is 156 Å². The summed E-state index contributed by atoms with van der Waals surface area (Å²) in [4.78, 5) is 14.1. The first-order valence-corrected chi connectivity index (χ1v) is 8.67. The van der Waals surface area contributed by atoms with Crippen molar-refractivity contribution >= 4 is 11.6 Å². The van der Waals surface area contributed by atoms with Gasteiger partial charge in [0.15, 0.2) is 6.10 Å². The zero-order valence-electron chi connectivity index (χ0n) is 15.4. The summed E-state index contributed by atoms with van der Waals surface area (Å²) in [6, 6.07) is 9.45. The maximum Gasteiger partial charge on any atom is 0.262 e. The van der Waals surface area contributed by atoms with Gasteiger partial charge in [-0.15, -0.1) is 10.2 Å². The van der Waals surface area contributed by atoms with Crippen molar-refractivity contribution in [3.8, 4) is 17.2 Å². The van der Waals surface area contributed by atoms with Gasteiger partial charge in [0, 0.05) is 7.05 Å². The largest absolute Gasteiger partial charge is 0.477 e. The zero-order valence-corrected chi connectivity index (χ0v) is 15.4. The number of anilines is 1. The number of para-hydroxylation sites is 2. The number of ether oxygens (including phenoxy) is 1. The highest BCUT2D eigenvalue weighted by Gasteiger charge is 2.31. The molecule has 0 saturated carbocycles. The summed E-state index contributed by atoms with van der Waals surface area (Å²) in [7, 11) is 1.59. The standard InChI is InChI=1S/C19H20N4O4/c1-11-8-13(12(2)25-11)19-22-21-17(27-19)10-23-9-16(18(24)20-3)26-15-7-5-4-6-14(15)23/h4-8,16H,9-10H2,1-3H3,(H,20,24)/t16-/m1/s1. The highest BCUT2D eigenvalue weighted by molar-refractivity contribution is 5.83. The molecule has 1 atom stereocenters. The Balaban J connectivity index is 1.60. The van der Waals surface area contributed by atoms with Crippen LogP contribution in [0.3, 0.4) is 0 Å². The Kier molecular flexibility index (Phi) is 4.31. The molecule has 1 N–H and O–H groups in total. The van der Waals surface area contributed by atoms with Gasteiger partial charge in [-0.1, -0.05) is 12.1 Å². The van der Waals surface area contributed by atoms with Crippen LogP contribution in [0.4, 0.5) is 5.69 Å². The molecule has 8 nitrogen and oxygen atoms in total. The Morgan fingerprint density at radius 3 is 2.81 bits per heavy atom. The summed E-state index contributed by atoms with van der Waals surface area (Å²) in [6.07, 6.45) is -0.606. The van der Waals surface area contributed by atoms with Gasteiger partial charge in [-0.2, -0.15) is 0 Å². The Bertz CT molecular complexity index is 978. The lowest BCUT2D eigenvalue weighted by molar-refractivity contribution is -0.127. The Morgan fingerprint density at radius 2 is 2.07 bits per heavy atom. The van der Waals surface area contributed by atoms with Crippen LogP contribution in [0.5, 0.6) is 5.75 Å². The summed E-state index contributed by atoms with van der Waals surface area (Å²) >= 11 is 0. The Hall–Kier alpha value is -3.29. The van der Waals surface area contributed by atoms with Crippen LogP contribution in [0.15, 0.2) is 39.2 Å². The van der Waals surface area contributed by atoms with Gasteiger partial charge in [0.2, 0.25) is 5.89 Å². The number of carbonyl (C=O) groups excluding carboxylic acids is 1. The summed E-state index contributed by atoms with van der Waals surface area (Å²) < 4.78 is 17.2. The van der Waals surface area contributed by atoms with E-state index in [-0.39, 0.29) is 5.91 Å². The second kappa shape index (κ2) is 6.79. The number of fused-ring (bicyclic) bond motifs is 1. The number of aromatic nitrogens is 2. The van der Waals surface area contributed by atoms with Crippen molar-refractivity contribution in [2.24, 2.45) is 0 Å². The molecule has 27 heavy (non-hydrogen) atoms. The van der Waals surface area contributed by atoms with Gasteiger partial charge < -0.3 is 23.8 Å². The molecular formula is C19H20N4O4. The van der Waals surface area contributed by atoms with Crippen LogP contribution < -0.4 is 15.0 Å². The average Bonchev–Trinajstić information content (AvgIpc) is 3.26. The molecule has 1 aromatic carbocycles. The molecule has 3 heterocycles. The van der Waals surface area contributed by atoms with Crippen LogP contribution in [0, 0.1) is 13.8 Å². The zero-order chi connectivity index (χ0) is 19.0. The van der Waals surface area contributed by atoms with Gasteiger partial charge in [0.05, 0.1) is 24.3 Å². The maximum absolute atomic E-state index is 12.1. The van der Waals surface area contributed by atoms with Crippen molar-refractivity contribution in [2.75, 3.05) is 18.5 Å². The molecule has 1 amide bonds. The van der Waals surface area contributed by atoms with Crippen molar-refractivity contribution in [1.29, 1.82) is 0 Å². The highest BCUT2D eigenvalue weighted by atomic mass is 16.5. The van der Waals surface area contributed by atoms with Crippen LogP contribution in [-0.4, -0.2) is 35.8 Å². The summed E-state index contributed by atoms with van der Waals surface area (Å²) in [5, 5.41) is 10.9. The fourth-order valence-corrected chi connectivity index (χ4v) is 3.19. The SMILES string of the molecule is CNC(=O)[C@H]1CN(Cc2nnc(-c3cc(C)oc3C)o2)c2ccccc2O1. The molecule has 0 unspecified atom stereocenters. The molecule has 1 aliphatic heterocycles. The number of hydrogen-bond acceptors (Lipinski definition) is 7. The quantitative estimate of drug-likeness (QED) is 0.756. The molecular weight excluding hydrogens is 348 g/mol. The van der Waals surface area contributed by atoms with Gasteiger partial charge in [-0.3, -0.25) is 4.79 Å². The first kappa shape index (κ1) is 17.1. The molecule has 0 fully saturated rings. The van der Waals surface area contributed by atoms with Gasteiger partial charge in [0.1, 0.15) is 17.3 Å². The molecule has 140 valence electrons. The summed E-state index contributed by atoms with van der Waals surface area (Å²) in [6.45, 7) is 4.49. The van der Waals surface area contributed by atoms with Crippen molar-refractivity contribution < 1.29 is 18.4 Å². The van der Waals surface area contributed by atoms with E-state index in [1.807, 2.05) is 49.1 Å². The summed E-state index contributed by atoms with van der Waals surface area (Å²) in [5.74, 6) is 2.87. The minimum Gasteiger partial charge on any atom is -0.477 e. The minimum absolute atomic E-state index is 0.176. The lowest BCUT2D eigenvalue weighted by Crippen LogP contribution is -2.48. The number of nitrogens with zero attached hydrogens (tertiary/aromatic N) is 3. The molecule has 0 bridgehead atoms. The number of likely N-dealkylation sites (N-methyl/N-ethyl adjacent to an activating group) is 1. The number of hydrogen-bond donors (Lipinski definition) is 1. The minimum atomic E-state index is -0.606. The monoisotopic (exact) mass is 368 g/mol. The fraction of sp³-hybridized carbons (Fsp3) is 0.316. The van der Waals surface area contributed by atoms with Crippen LogP contribution in [0.1, 0.15) is 17.4 Å². The first-order valence-electron chi connectivity index (χ1n) is 8.67. The first-order chi connectivity index (χ1) is 13.0. The molecule has 0 radical (unpaired) electrons. The van der Waals surface area contributed by atoms with Gasteiger partial charge in [-0.05, 0) is 32.0 Å². The smallest absolute Gasteiger partial charge is 0.262 e. The molecule has 8 heteroatoms. The van der Waals surface area contributed by atoms with E-state index in [4.69, 9.17) is 13.6 Å². The van der Waals surface area contributed by atoms with E-state index < -0.39 is 6.10 Å². The van der Waals surface area contributed by atoms with Gasteiger partial charge in [0.25, 0.3) is 11.8 Å². The lowest BCUT2D eigenvalue weighted by Gasteiger charge is -2.34. The van der Waals surface area contributed by atoms with Crippen molar-refractivity contribution in [3.63, 3.8) is 0 Å². The van der Waals surface area contributed by atoms with Crippen molar-refractivity contribution in [1.82, 2.24) is 15.5 Å². The number of rotatable bonds is 4. The van der Waals surface area contributed by atoms with E-state index in [9.17, 15) is 4.79 Å². The summed E-state index contributed by atoms with van der Waals surface area (Å²) in [5.41, 5.74) is 1.67. The van der Waals surface area contributed by atoms with E-state index in [2.05, 4.69) is 15.5 Å². The number of furan rings is 1. The van der Waals surface area contributed by atoms with Crippen molar-refractivity contribution in [2.45, 2.75) is 26.5 Å². The number of nitrogens with one attached hydrogen (secondary N) is 1. The topological polar surface area (TPSA) is 93.6 Å². The average molecular weight is 368 g/mol. The van der Waals surface area contributed by atoms with E-state index in [0.717, 1.165) is 22.8 Å². The second-order valence-corrected chi connectivity index (χ2v) is 6.40. The van der Waals surface area contributed by atoms with E-state index in [1.54, 1.807) is 7.05 Å². The molecule has 0 saturated heterocycles. The molecule has 2 aromatic heterocycles. The molecule has 0 aliphatic carbocycles. The third-order valence-corrected chi connectivity index (χ3v) is 4.46. The maximum atomic E-state index is 12.1. The lowest BCUT2D eigenvalue weighted by atomic mass is 10.2. The van der Waals surface area contributed by atoms with E-state index in [0.29, 0.717) is 30.6 Å². The Morgan fingerprint density at radius 1 is 1.26 bits per heavy atom. The van der Waals surface area contributed by atoms with Gasteiger partial charge >= 0.3 is 0 Å². The van der Waals surface area contributed by atoms with Crippen LogP contribution in [-0.2, 0) is 11.3 Å². The predicted octanol–water partition coefficient (Wildman–Crippen LogP) is 2.46. The third-order valence-electron chi connectivity index (χ3n) is 4.46. The second-order valence-electron chi connectivity index (χ2n) is 6.40.